The van der Waals surface area contributed by atoms with Gasteiger partial charge in [0.2, 0.25) is 0 Å². The van der Waals surface area contributed by atoms with E-state index in [9.17, 15) is 14.4 Å². The summed E-state index contributed by atoms with van der Waals surface area (Å²) in [6, 6.07) is 34.4. The molecule has 3 fully saturated rings. The van der Waals surface area contributed by atoms with E-state index >= 15 is 0 Å². The zero-order valence-corrected chi connectivity index (χ0v) is 58.6. The van der Waals surface area contributed by atoms with Crippen molar-refractivity contribution in [3.63, 3.8) is 0 Å². The molecule has 15 rings (SSSR count). The van der Waals surface area contributed by atoms with E-state index in [1.165, 1.54) is 53.9 Å². The van der Waals surface area contributed by atoms with E-state index in [0.717, 1.165) is 117 Å². The smallest absolute Gasteiger partial charge is 0.257 e. The van der Waals surface area contributed by atoms with Gasteiger partial charge in [-0.1, -0.05) is 42.4 Å². The lowest BCUT2D eigenvalue weighted by molar-refractivity contribution is -0.0705. The molecular weight excluding hydrogens is 1310 g/mol. The van der Waals surface area contributed by atoms with E-state index in [4.69, 9.17) is 9.47 Å². The lowest BCUT2D eigenvalue weighted by Crippen LogP contribution is -2.44. The highest BCUT2D eigenvalue weighted by Crippen LogP contribution is 2.24. The Morgan fingerprint density at radius 2 is 0.779 bits per heavy atom. The Balaban J connectivity index is 0.000000139. The van der Waals surface area contributed by atoms with Gasteiger partial charge in [-0.3, -0.25) is 44.0 Å². The van der Waals surface area contributed by atoms with Crippen LogP contribution in [0.15, 0.2) is 184 Å². The summed E-state index contributed by atoms with van der Waals surface area (Å²) >= 11 is 0. The Hall–Kier alpha value is -12.1. The quantitative estimate of drug-likeness (QED) is 0.0963. The molecule has 3 aromatic carbocycles. The summed E-state index contributed by atoms with van der Waals surface area (Å²) in [7, 11) is 0. The molecule has 12 heterocycles. The number of aromatic nitrogens is 12. The largest absolute Gasteiger partial charge is 0.379 e. The molecule has 0 saturated carbocycles. The van der Waals surface area contributed by atoms with Crippen molar-refractivity contribution in [1.29, 1.82) is 0 Å². The number of pyridine rings is 3. The number of morpholine rings is 2. The molecular formula is C81H78N18O5. The fourth-order valence-corrected chi connectivity index (χ4v) is 12.5. The van der Waals surface area contributed by atoms with E-state index in [1.807, 2.05) is 72.8 Å². The molecule has 3 saturated heterocycles. The summed E-state index contributed by atoms with van der Waals surface area (Å²) in [5, 5.41) is 21.7. The maximum Gasteiger partial charge on any atom is 0.257 e. The number of fused-ring (bicyclic) bond motifs is 3. The van der Waals surface area contributed by atoms with E-state index in [0.29, 0.717) is 50.5 Å². The first-order chi connectivity index (χ1) is 50.7. The van der Waals surface area contributed by atoms with Gasteiger partial charge in [-0.2, -0.15) is 15.3 Å². The number of rotatable bonds is 12. The van der Waals surface area contributed by atoms with Gasteiger partial charge in [-0.05, 0) is 203 Å². The number of carbonyl (C=O) groups is 3. The first-order valence-electron chi connectivity index (χ1n) is 34.7. The average Bonchev–Trinajstić information content (AvgIpc) is 1.62. The molecule has 0 unspecified atom stereocenters. The Kier molecular flexibility index (Phi) is 22.7. The molecule has 23 nitrogen and oxygen atoms in total. The van der Waals surface area contributed by atoms with Gasteiger partial charge in [0.05, 0.1) is 60.7 Å². The highest BCUT2D eigenvalue weighted by molar-refractivity contribution is 6.05. The molecule has 3 aliphatic rings. The van der Waals surface area contributed by atoms with Crippen LogP contribution in [0.4, 0.5) is 17.1 Å². The zero-order chi connectivity index (χ0) is 71.7. The molecule has 104 heavy (non-hydrogen) atoms. The van der Waals surface area contributed by atoms with Crippen LogP contribution in [0, 0.1) is 56.3 Å². The number of ether oxygens (including phenoxy) is 2. The van der Waals surface area contributed by atoms with Crippen molar-refractivity contribution < 1.29 is 23.9 Å². The minimum absolute atomic E-state index is 0.212. The second kappa shape index (κ2) is 33.6. The van der Waals surface area contributed by atoms with Gasteiger partial charge in [0.1, 0.15) is 17.1 Å². The number of hydrogen-bond acceptors (Lipinski definition) is 17. The lowest BCUT2D eigenvalue weighted by atomic mass is 10.0. The number of piperidine rings is 1. The highest BCUT2D eigenvalue weighted by Gasteiger charge is 2.23. The molecule has 3 amide bonds. The van der Waals surface area contributed by atoms with Crippen molar-refractivity contribution in [2.24, 2.45) is 0 Å². The maximum atomic E-state index is 12.9. The minimum Gasteiger partial charge on any atom is -0.379 e. The van der Waals surface area contributed by atoms with E-state index in [2.05, 4.69) is 164 Å². The van der Waals surface area contributed by atoms with Crippen molar-refractivity contribution in [3.8, 4) is 35.5 Å². The number of hydrogen-bond donors (Lipinski definition) is 3. The van der Waals surface area contributed by atoms with Crippen molar-refractivity contribution in [2.45, 2.75) is 85.7 Å². The van der Waals surface area contributed by atoms with Crippen LogP contribution in [0.1, 0.15) is 131 Å². The fourth-order valence-electron chi connectivity index (χ4n) is 12.5. The van der Waals surface area contributed by atoms with Crippen molar-refractivity contribution in [3.05, 3.63) is 267 Å². The van der Waals surface area contributed by atoms with Crippen LogP contribution in [0.5, 0.6) is 0 Å². The topological polar surface area (TPSA) is 245 Å². The first kappa shape index (κ1) is 70.3. The van der Waals surface area contributed by atoms with Crippen LogP contribution in [0.3, 0.4) is 0 Å². The Labute approximate surface area is 603 Å². The molecule has 522 valence electrons. The Morgan fingerprint density at radius 1 is 0.423 bits per heavy atom. The van der Waals surface area contributed by atoms with Crippen LogP contribution < -0.4 is 16.0 Å². The zero-order valence-electron chi connectivity index (χ0n) is 58.6. The number of benzene rings is 3. The summed E-state index contributed by atoms with van der Waals surface area (Å²) in [6.45, 7) is 20.8. The highest BCUT2D eigenvalue weighted by atomic mass is 16.5. The predicted octanol–water partition coefficient (Wildman–Crippen LogP) is 10.7. The molecule has 12 aromatic rings. The number of nitrogens with one attached hydrogen (secondary N) is 3. The van der Waals surface area contributed by atoms with Gasteiger partial charge in [0, 0.05) is 135 Å². The second-order valence-electron chi connectivity index (χ2n) is 25.9. The van der Waals surface area contributed by atoms with Crippen molar-refractivity contribution in [2.75, 3.05) is 68.4 Å². The monoisotopic (exact) mass is 1380 g/mol. The SMILES string of the molecule is Cc1cc(NC(=O)c2cncc(C#Cc3cnc4cccnn34)c2)ccc1CN1CCCCC1.Cc1cc(NC(=O)c2cncc(C#Cc3cnc4cccnn34)c2)ccc1CN1CCOCC1.Cc1cc(NC(=O)c2cncc(C#Cc3cnc4cccnn34)c2)ccc1CN1C[C@@H](C)O[C@@H](C)C1. The van der Waals surface area contributed by atoms with Crippen LogP contribution in [-0.2, 0) is 29.1 Å². The van der Waals surface area contributed by atoms with Crippen LogP contribution >= 0.6 is 0 Å². The molecule has 3 aliphatic heterocycles. The number of carbonyl (C=O) groups excluding carboxylic acids is 3. The van der Waals surface area contributed by atoms with Crippen LogP contribution in [-0.4, -0.2) is 156 Å². The summed E-state index contributed by atoms with van der Waals surface area (Å²) in [5.41, 5.74) is 17.0. The second-order valence-corrected chi connectivity index (χ2v) is 25.9. The minimum atomic E-state index is -0.231. The summed E-state index contributed by atoms with van der Waals surface area (Å²) in [6.07, 6.45) is 24.0. The molecule has 0 bridgehead atoms. The first-order valence-corrected chi connectivity index (χ1v) is 34.7. The van der Waals surface area contributed by atoms with E-state index in [-0.39, 0.29) is 29.9 Å². The Morgan fingerprint density at radius 3 is 1.14 bits per heavy atom. The molecule has 23 heteroatoms. The summed E-state index contributed by atoms with van der Waals surface area (Å²) in [5.74, 6) is 17.7. The Bertz CT molecular complexity index is 5060. The number of anilines is 3. The molecule has 0 spiro atoms. The number of amides is 3. The van der Waals surface area contributed by atoms with E-state index < -0.39 is 0 Å². The summed E-state index contributed by atoms with van der Waals surface area (Å²) < 4.78 is 16.3. The molecule has 3 N–H and O–H groups in total. The van der Waals surface area contributed by atoms with Gasteiger partial charge >= 0.3 is 0 Å². The number of nitrogens with zero attached hydrogens (tertiary/aromatic N) is 15. The van der Waals surface area contributed by atoms with Gasteiger partial charge < -0.3 is 25.4 Å². The molecule has 0 radical (unpaired) electrons. The van der Waals surface area contributed by atoms with Gasteiger partial charge in [0.25, 0.3) is 17.7 Å². The third-order valence-electron chi connectivity index (χ3n) is 17.9. The predicted molar refractivity (Wildman–Crippen MR) is 398 cm³/mol. The third kappa shape index (κ3) is 18.5. The average molecular weight is 1380 g/mol. The van der Waals surface area contributed by atoms with Gasteiger partial charge in [-0.15, -0.1) is 0 Å². The number of aryl methyl sites for hydroxylation is 3. The molecule has 0 aliphatic carbocycles. The maximum absolute atomic E-state index is 12.9. The van der Waals surface area contributed by atoms with Crippen molar-refractivity contribution >= 4 is 51.7 Å². The van der Waals surface area contributed by atoms with Crippen LogP contribution in [0.2, 0.25) is 0 Å². The molecule has 9 aromatic heterocycles. The van der Waals surface area contributed by atoms with Crippen molar-refractivity contribution in [1.82, 2.24) is 73.4 Å². The van der Waals surface area contributed by atoms with Gasteiger partial charge in [-0.25, -0.2) is 28.5 Å². The standard InChI is InChI=1S/C28H28N6O2.C27H26N6O.C26H24N6O2/c1-19-11-25(8-7-23(19)18-33-16-20(2)36-21(3)17-33)32-28(35)24-12-22(13-29-14-24)6-9-26-15-30-27-5-4-10-31-34(26)27;1-20-14-24(9-8-22(20)19-32-12-3-2-4-13-32)31-27(34)23-15-21(16-28-17-23)7-10-25-18-29-26-6-5-11-30-33(25)26;1-19-13-23(6-5-21(19)18-31-9-11-34-12-10-31)30-26(33)22-14-20(15-27-16-22)4-7-24-17-28-25-3-2-8-29-32(24)25/h4-5,7-8,10-15,20-21H,16-18H2,1-3H3,(H,32,35);5-6,8-9,11,14-18H,2-4,12-13,19H2,1H3,(H,31,34);2-3,5-6,8,13-17H,9-12,18H2,1H3,(H,30,33)/t20-,21+;;. The van der Waals surface area contributed by atoms with Gasteiger partial charge in [0.15, 0.2) is 16.9 Å². The lowest BCUT2D eigenvalue weighted by Gasteiger charge is -2.35. The summed E-state index contributed by atoms with van der Waals surface area (Å²) in [4.78, 5) is 71.4. The van der Waals surface area contributed by atoms with E-state index in [1.54, 1.807) is 93.7 Å². The van der Waals surface area contributed by atoms with Crippen LogP contribution in [0.25, 0.3) is 16.9 Å². The fraction of sp³-hybridized carbons (Fsp3) is 0.259. The molecule has 2 atom stereocenters. The number of likely N-dealkylation sites (tertiary alicyclic amines) is 1. The number of imidazole rings is 3. The normalized spacial score (nSPS) is 15.3. The third-order valence-corrected chi connectivity index (χ3v) is 17.9.